The number of benzene rings is 2. The smallest absolute Gasteiger partial charge is 0.337 e. The molecule has 9 heteroatoms. The Morgan fingerprint density at radius 2 is 1.75 bits per heavy atom. The van der Waals surface area contributed by atoms with Gasteiger partial charge in [-0.2, -0.15) is 0 Å². The zero-order valence-corrected chi connectivity index (χ0v) is 20.4. The van der Waals surface area contributed by atoms with Crippen molar-refractivity contribution < 1.29 is 33.7 Å². The molecule has 0 aliphatic carbocycles. The van der Waals surface area contributed by atoms with Crippen LogP contribution < -0.4 is 4.74 Å². The molecular formula is C27H30N2O7. The van der Waals surface area contributed by atoms with Gasteiger partial charge >= 0.3 is 5.97 Å². The Morgan fingerprint density at radius 3 is 2.42 bits per heavy atom. The molecule has 1 atom stereocenters. The number of amides is 1. The summed E-state index contributed by atoms with van der Waals surface area (Å²) in [7, 11) is 2.81. The second-order valence-corrected chi connectivity index (χ2v) is 8.65. The maximum atomic E-state index is 13.2. The van der Waals surface area contributed by atoms with Gasteiger partial charge in [-0.1, -0.05) is 24.3 Å². The predicted octanol–water partition coefficient (Wildman–Crippen LogP) is 2.63. The van der Waals surface area contributed by atoms with E-state index >= 15 is 0 Å². The summed E-state index contributed by atoms with van der Waals surface area (Å²) >= 11 is 0. The van der Waals surface area contributed by atoms with Crippen LogP contribution in [-0.2, 0) is 19.1 Å². The van der Waals surface area contributed by atoms with E-state index in [2.05, 4.69) is 4.90 Å². The summed E-state index contributed by atoms with van der Waals surface area (Å²) in [4.78, 5) is 42.0. The normalized spacial score (nSPS) is 19.9. The number of hydrogen-bond acceptors (Lipinski definition) is 8. The van der Waals surface area contributed by atoms with Gasteiger partial charge in [0.05, 0.1) is 44.6 Å². The van der Waals surface area contributed by atoms with Crippen LogP contribution in [0.25, 0.3) is 5.76 Å². The predicted molar refractivity (Wildman–Crippen MR) is 132 cm³/mol. The number of carbonyl (C=O) groups is 3. The van der Waals surface area contributed by atoms with Gasteiger partial charge in [0, 0.05) is 31.7 Å². The maximum absolute atomic E-state index is 13.2. The number of aliphatic hydroxyl groups excluding tert-OH is 1. The van der Waals surface area contributed by atoms with Crippen LogP contribution in [0.5, 0.6) is 5.75 Å². The molecule has 2 saturated heterocycles. The minimum Gasteiger partial charge on any atom is -0.507 e. The highest BCUT2D eigenvalue weighted by Crippen LogP contribution is 2.40. The maximum Gasteiger partial charge on any atom is 0.337 e. The summed E-state index contributed by atoms with van der Waals surface area (Å²) in [6.07, 6.45) is 0.656. The summed E-state index contributed by atoms with van der Waals surface area (Å²) in [5.41, 5.74) is 1.33. The number of carbonyl (C=O) groups excluding carboxylic acids is 3. The Morgan fingerprint density at radius 1 is 1.03 bits per heavy atom. The second kappa shape index (κ2) is 11.4. The molecule has 0 unspecified atom stereocenters. The van der Waals surface area contributed by atoms with Crippen LogP contribution in [-0.4, -0.2) is 86.2 Å². The van der Waals surface area contributed by atoms with E-state index in [0.717, 1.165) is 19.6 Å². The van der Waals surface area contributed by atoms with E-state index in [0.29, 0.717) is 48.6 Å². The Labute approximate surface area is 209 Å². The molecule has 0 aromatic heterocycles. The first-order chi connectivity index (χ1) is 17.4. The van der Waals surface area contributed by atoms with E-state index < -0.39 is 23.7 Å². The first-order valence-corrected chi connectivity index (χ1v) is 11.9. The topological polar surface area (TPSA) is 106 Å². The van der Waals surface area contributed by atoms with Crippen LogP contribution in [0.2, 0.25) is 0 Å². The SMILES string of the molecule is COC(=O)c1ccc([C@@H]2C(=C(O)c3cccc(OC)c3)C(=O)C(=O)N2CCCN2CCOCC2)cc1. The third-order valence-electron chi connectivity index (χ3n) is 6.51. The molecule has 36 heavy (non-hydrogen) atoms. The molecule has 2 fully saturated rings. The van der Waals surface area contributed by atoms with E-state index in [1.54, 1.807) is 48.5 Å². The van der Waals surface area contributed by atoms with Gasteiger partial charge in [-0.25, -0.2) is 4.79 Å². The third kappa shape index (κ3) is 5.27. The first kappa shape index (κ1) is 25.4. The van der Waals surface area contributed by atoms with Gasteiger partial charge in [-0.15, -0.1) is 0 Å². The zero-order valence-electron chi connectivity index (χ0n) is 20.4. The van der Waals surface area contributed by atoms with Crippen LogP contribution >= 0.6 is 0 Å². The van der Waals surface area contributed by atoms with Crippen LogP contribution in [0.1, 0.15) is 33.9 Å². The van der Waals surface area contributed by atoms with Gasteiger partial charge < -0.3 is 24.2 Å². The molecule has 2 heterocycles. The number of methoxy groups -OCH3 is 2. The molecular weight excluding hydrogens is 464 g/mol. The lowest BCUT2D eigenvalue weighted by Crippen LogP contribution is -2.39. The minimum atomic E-state index is -0.799. The number of nitrogens with zero attached hydrogens (tertiary/aromatic N) is 2. The average molecular weight is 495 g/mol. The van der Waals surface area contributed by atoms with E-state index in [4.69, 9.17) is 14.2 Å². The number of Topliss-reactive ketones (excluding diaryl/α,β-unsaturated/α-hetero) is 1. The molecule has 0 bridgehead atoms. The van der Waals surface area contributed by atoms with Crippen molar-refractivity contribution in [2.45, 2.75) is 12.5 Å². The van der Waals surface area contributed by atoms with Crippen molar-refractivity contribution in [2.75, 3.05) is 53.6 Å². The number of esters is 1. The summed E-state index contributed by atoms with van der Waals surface area (Å²) in [5.74, 6) is -1.66. The molecule has 2 aromatic carbocycles. The van der Waals surface area contributed by atoms with Crippen molar-refractivity contribution in [3.8, 4) is 5.75 Å². The zero-order chi connectivity index (χ0) is 25.7. The highest BCUT2D eigenvalue weighted by Gasteiger charge is 2.45. The highest BCUT2D eigenvalue weighted by atomic mass is 16.5. The molecule has 1 amide bonds. The van der Waals surface area contributed by atoms with E-state index in [9.17, 15) is 19.5 Å². The second-order valence-electron chi connectivity index (χ2n) is 8.65. The molecule has 2 aliphatic heterocycles. The molecule has 0 saturated carbocycles. The van der Waals surface area contributed by atoms with Gasteiger partial charge in [0.15, 0.2) is 0 Å². The van der Waals surface area contributed by atoms with Crippen molar-refractivity contribution in [1.29, 1.82) is 0 Å². The average Bonchev–Trinajstić information content (AvgIpc) is 3.18. The molecule has 0 spiro atoms. The molecule has 4 rings (SSSR count). The summed E-state index contributed by atoms with van der Waals surface area (Å²) in [6.45, 7) is 4.10. The molecule has 1 N–H and O–H groups in total. The lowest BCUT2D eigenvalue weighted by molar-refractivity contribution is -0.140. The van der Waals surface area contributed by atoms with Crippen molar-refractivity contribution in [3.63, 3.8) is 0 Å². The Bertz CT molecular complexity index is 1150. The van der Waals surface area contributed by atoms with Gasteiger partial charge in [-0.3, -0.25) is 14.5 Å². The van der Waals surface area contributed by atoms with Crippen molar-refractivity contribution in [2.24, 2.45) is 0 Å². The van der Waals surface area contributed by atoms with Crippen LogP contribution in [0.15, 0.2) is 54.1 Å². The Balaban J connectivity index is 1.69. The number of likely N-dealkylation sites (tertiary alicyclic amines) is 1. The Hall–Kier alpha value is -3.69. The molecule has 190 valence electrons. The fourth-order valence-electron chi connectivity index (χ4n) is 4.59. The lowest BCUT2D eigenvalue weighted by atomic mass is 9.94. The fraction of sp³-hybridized carbons (Fsp3) is 0.370. The van der Waals surface area contributed by atoms with Crippen molar-refractivity contribution >= 4 is 23.4 Å². The lowest BCUT2D eigenvalue weighted by Gasteiger charge is -2.29. The monoisotopic (exact) mass is 494 g/mol. The van der Waals surface area contributed by atoms with Gasteiger partial charge in [0.25, 0.3) is 11.7 Å². The first-order valence-electron chi connectivity index (χ1n) is 11.9. The highest BCUT2D eigenvalue weighted by molar-refractivity contribution is 6.46. The standard InChI is InChI=1S/C27H30N2O7/c1-34-21-6-3-5-20(17-21)24(30)22-23(18-7-9-19(10-8-18)27(33)35-2)29(26(32)25(22)31)12-4-11-28-13-15-36-16-14-28/h3,5-10,17,23,30H,4,11-16H2,1-2H3/t23-/m1/s1. The molecule has 0 radical (unpaired) electrons. The van der Waals surface area contributed by atoms with Crippen LogP contribution in [0.4, 0.5) is 0 Å². The van der Waals surface area contributed by atoms with Crippen LogP contribution in [0, 0.1) is 0 Å². The minimum absolute atomic E-state index is 0.00504. The summed E-state index contributed by atoms with van der Waals surface area (Å²) < 4.78 is 15.4. The number of aliphatic hydroxyl groups is 1. The number of hydrogen-bond donors (Lipinski definition) is 1. The quantitative estimate of drug-likeness (QED) is 0.258. The van der Waals surface area contributed by atoms with Gasteiger partial charge in [0.1, 0.15) is 11.5 Å². The summed E-state index contributed by atoms with van der Waals surface area (Å²) in [5, 5.41) is 11.2. The third-order valence-corrected chi connectivity index (χ3v) is 6.51. The van der Waals surface area contributed by atoms with Crippen molar-refractivity contribution in [1.82, 2.24) is 9.80 Å². The number of ketones is 1. The largest absolute Gasteiger partial charge is 0.507 e. The summed E-state index contributed by atoms with van der Waals surface area (Å²) in [6, 6.07) is 12.4. The van der Waals surface area contributed by atoms with Gasteiger partial charge in [-0.05, 0) is 36.2 Å². The Kier molecular flexibility index (Phi) is 8.02. The van der Waals surface area contributed by atoms with Crippen LogP contribution in [0.3, 0.4) is 0 Å². The van der Waals surface area contributed by atoms with Gasteiger partial charge in [0.2, 0.25) is 0 Å². The fourth-order valence-corrected chi connectivity index (χ4v) is 4.59. The van der Waals surface area contributed by atoms with E-state index in [1.165, 1.54) is 19.1 Å². The number of morpholine rings is 1. The number of ether oxygens (including phenoxy) is 3. The van der Waals surface area contributed by atoms with Crippen molar-refractivity contribution in [3.05, 3.63) is 70.8 Å². The van der Waals surface area contributed by atoms with E-state index in [-0.39, 0.29) is 11.3 Å². The molecule has 9 nitrogen and oxygen atoms in total. The molecule has 2 aliphatic rings. The number of rotatable bonds is 8. The van der Waals surface area contributed by atoms with E-state index in [1.807, 2.05) is 0 Å². The molecule has 2 aromatic rings.